The highest BCUT2D eigenvalue weighted by Gasteiger charge is 2.15. The molecule has 1 aliphatic heterocycles. The highest BCUT2D eigenvalue weighted by Crippen LogP contribution is 2.28. The summed E-state index contributed by atoms with van der Waals surface area (Å²) in [5.74, 6) is -0.0166. The fourth-order valence-electron chi connectivity index (χ4n) is 1.79. The van der Waals surface area contributed by atoms with Gasteiger partial charge in [0.25, 0.3) is 0 Å². The van der Waals surface area contributed by atoms with Crippen LogP contribution < -0.4 is 5.43 Å². The number of benzene rings is 1. The molecule has 1 amide bonds. The number of carbonyl (C=O) groups excluding carboxylic acids is 1. The molecule has 1 aliphatic rings. The summed E-state index contributed by atoms with van der Waals surface area (Å²) >= 11 is 7.13. The molecule has 1 aromatic carbocycles. The van der Waals surface area contributed by atoms with Crippen LogP contribution in [0.3, 0.4) is 0 Å². The molecule has 17 heavy (non-hydrogen) atoms. The Morgan fingerprint density at radius 2 is 1.94 bits per heavy atom. The third-order valence-corrected chi connectivity index (χ3v) is 4.15. The van der Waals surface area contributed by atoms with Gasteiger partial charge < -0.3 is 0 Å². The summed E-state index contributed by atoms with van der Waals surface area (Å²) in [6.45, 7) is 2.11. The van der Waals surface area contributed by atoms with Gasteiger partial charge in [-0.15, -0.1) is 0 Å². The van der Waals surface area contributed by atoms with E-state index in [-0.39, 0.29) is 5.91 Å². The van der Waals surface area contributed by atoms with Gasteiger partial charge in [0.2, 0.25) is 5.91 Å². The average Bonchev–Trinajstić information content (AvgIpc) is 2.29. The van der Waals surface area contributed by atoms with Crippen LogP contribution >= 0.6 is 31.9 Å². The van der Waals surface area contributed by atoms with Crippen molar-refractivity contribution in [2.75, 3.05) is 0 Å². The molecule has 1 N–H and O–H groups in total. The maximum atomic E-state index is 11.0. The molecule has 0 radical (unpaired) electrons. The van der Waals surface area contributed by atoms with E-state index < -0.39 is 0 Å². The predicted molar refractivity (Wildman–Crippen MR) is 75.1 cm³/mol. The largest absolute Gasteiger partial charge is 0.273 e. The molecule has 3 nitrogen and oxygen atoms in total. The molecule has 0 saturated carbocycles. The standard InChI is InChI=1S/C12H12Br2N2O/c1-2-8-9(13)5-7(6-10(8)14)11-3-4-12(17)16-15-11/h5-6H,2-4H2,1H3,(H,16,17). The summed E-state index contributed by atoms with van der Waals surface area (Å²) in [6.07, 6.45) is 2.16. The Morgan fingerprint density at radius 3 is 2.41 bits per heavy atom. The lowest BCUT2D eigenvalue weighted by atomic mass is 10.0. The quantitative estimate of drug-likeness (QED) is 0.863. The number of hydrogen-bond acceptors (Lipinski definition) is 2. The van der Waals surface area contributed by atoms with E-state index in [0.29, 0.717) is 12.8 Å². The highest BCUT2D eigenvalue weighted by atomic mass is 79.9. The van der Waals surface area contributed by atoms with Crippen molar-refractivity contribution in [2.24, 2.45) is 5.10 Å². The van der Waals surface area contributed by atoms with E-state index >= 15 is 0 Å². The minimum absolute atomic E-state index is 0.0166. The molecule has 0 saturated heterocycles. The third kappa shape index (κ3) is 2.77. The summed E-state index contributed by atoms with van der Waals surface area (Å²) in [5.41, 5.74) is 5.73. The Morgan fingerprint density at radius 1 is 1.29 bits per heavy atom. The topological polar surface area (TPSA) is 41.5 Å². The Hall–Kier alpha value is -0.680. The lowest BCUT2D eigenvalue weighted by Gasteiger charge is -2.14. The highest BCUT2D eigenvalue weighted by molar-refractivity contribution is 9.11. The van der Waals surface area contributed by atoms with Crippen molar-refractivity contribution in [1.29, 1.82) is 0 Å². The van der Waals surface area contributed by atoms with Gasteiger partial charge >= 0.3 is 0 Å². The summed E-state index contributed by atoms with van der Waals surface area (Å²) < 4.78 is 2.15. The van der Waals surface area contributed by atoms with E-state index in [1.807, 2.05) is 0 Å². The van der Waals surface area contributed by atoms with E-state index in [9.17, 15) is 4.79 Å². The van der Waals surface area contributed by atoms with Crippen LogP contribution in [0.2, 0.25) is 0 Å². The molecule has 1 aromatic rings. The Labute approximate surface area is 117 Å². The first-order chi connectivity index (χ1) is 8.11. The Bertz CT molecular complexity index is 474. The number of carbonyl (C=O) groups is 1. The van der Waals surface area contributed by atoms with Crippen LogP contribution in [0.1, 0.15) is 30.9 Å². The number of amides is 1. The van der Waals surface area contributed by atoms with Crippen molar-refractivity contribution in [3.05, 3.63) is 32.2 Å². The van der Waals surface area contributed by atoms with Crippen molar-refractivity contribution < 1.29 is 4.79 Å². The molecular formula is C12H12Br2N2O. The number of rotatable bonds is 2. The molecular weight excluding hydrogens is 348 g/mol. The number of nitrogens with zero attached hydrogens (tertiary/aromatic N) is 1. The Balaban J connectivity index is 2.37. The zero-order valence-corrected chi connectivity index (χ0v) is 12.6. The van der Waals surface area contributed by atoms with Gasteiger partial charge in [0.1, 0.15) is 0 Å². The number of hydrogen-bond donors (Lipinski definition) is 1. The van der Waals surface area contributed by atoms with Crippen LogP contribution in [-0.4, -0.2) is 11.6 Å². The number of nitrogens with one attached hydrogen (secondary N) is 1. The van der Waals surface area contributed by atoms with Crippen LogP contribution in [0.4, 0.5) is 0 Å². The summed E-state index contributed by atoms with van der Waals surface area (Å²) in [7, 11) is 0. The Kier molecular flexibility index (Phi) is 3.99. The van der Waals surface area contributed by atoms with Gasteiger partial charge in [-0.2, -0.15) is 5.10 Å². The first kappa shape index (κ1) is 12.8. The maximum Gasteiger partial charge on any atom is 0.240 e. The average molecular weight is 360 g/mol. The van der Waals surface area contributed by atoms with Gasteiger partial charge in [0.15, 0.2) is 0 Å². The molecule has 90 valence electrons. The molecule has 1 heterocycles. The van der Waals surface area contributed by atoms with Crippen molar-refractivity contribution in [3.63, 3.8) is 0 Å². The van der Waals surface area contributed by atoms with E-state index in [0.717, 1.165) is 26.6 Å². The second-order valence-corrected chi connectivity index (χ2v) is 5.57. The van der Waals surface area contributed by atoms with Gasteiger partial charge in [-0.25, -0.2) is 5.43 Å². The summed E-state index contributed by atoms with van der Waals surface area (Å²) in [6, 6.07) is 4.11. The van der Waals surface area contributed by atoms with E-state index in [1.165, 1.54) is 5.56 Å². The van der Waals surface area contributed by atoms with Crippen molar-refractivity contribution >= 4 is 43.5 Å². The van der Waals surface area contributed by atoms with Gasteiger partial charge in [0, 0.05) is 21.8 Å². The zero-order chi connectivity index (χ0) is 12.4. The minimum Gasteiger partial charge on any atom is -0.273 e. The van der Waals surface area contributed by atoms with Crippen molar-refractivity contribution in [3.8, 4) is 0 Å². The molecule has 0 aliphatic carbocycles. The maximum absolute atomic E-state index is 11.0. The molecule has 0 unspecified atom stereocenters. The molecule has 2 rings (SSSR count). The van der Waals surface area contributed by atoms with Gasteiger partial charge in [-0.1, -0.05) is 38.8 Å². The van der Waals surface area contributed by atoms with E-state index in [1.54, 1.807) is 0 Å². The summed E-state index contributed by atoms with van der Waals surface area (Å²) in [4.78, 5) is 11.0. The number of halogens is 2. The monoisotopic (exact) mass is 358 g/mol. The van der Waals surface area contributed by atoms with E-state index in [2.05, 4.69) is 61.4 Å². The smallest absolute Gasteiger partial charge is 0.240 e. The molecule has 0 atom stereocenters. The second kappa shape index (κ2) is 5.31. The normalized spacial score (nSPS) is 15.5. The number of hydrazone groups is 1. The zero-order valence-electron chi connectivity index (χ0n) is 9.39. The molecule has 0 bridgehead atoms. The lowest BCUT2D eigenvalue weighted by molar-refractivity contribution is -0.121. The summed E-state index contributed by atoms with van der Waals surface area (Å²) in [5, 5.41) is 4.09. The van der Waals surface area contributed by atoms with Crippen LogP contribution in [-0.2, 0) is 11.2 Å². The molecule has 0 fully saturated rings. The first-order valence-corrected chi connectivity index (χ1v) is 7.04. The lowest BCUT2D eigenvalue weighted by Crippen LogP contribution is -2.25. The van der Waals surface area contributed by atoms with Crippen LogP contribution in [0, 0.1) is 0 Å². The third-order valence-electron chi connectivity index (χ3n) is 2.73. The van der Waals surface area contributed by atoms with Crippen LogP contribution in [0.15, 0.2) is 26.2 Å². The molecule has 5 heteroatoms. The van der Waals surface area contributed by atoms with Gasteiger partial charge in [-0.05, 0) is 29.7 Å². The van der Waals surface area contributed by atoms with E-state index in [4.69, 9.17) is 0 Å². The molecule has 0 spiro atoms. The fourth-order valence-corrected chi connectivity index (χ4v) is 3.54. The van der Waals surface area contributed by atoms with Gasteiger partial charge in [-0.3, -0.25) is 4.79 Å². The first-order valence-electron chi connectivity index (χ1n) is 5.45. The minimum atomic E-state index is -0.0166. The van der Waals surface area contributed by atoms with Crippen LogP contribution in [0.25, 0.3) is 0 Å². The fraction of sp³-hybridized carbons (Fsp3) is 0.333. The van der Waals surface area contributed by atoms with Crippen LogP contribution in [0.5, 0.6) is 0 Å². The van der Waals surface area contributed by atoms with Crippen molar-refractivity contribution in [1.82, 2.24) is 5.43 Å². The SMILES string of the molecule is CCc1c(Br)cc(C2=NNC(=O)CC2)cc1Br. The van der Waals surface area contributed by atoms with Crippen molar-refractivity contribution in [2.45, 2.75) is 26.2 Å². The predicted octanol–water partition coefficient (Wildman–Crippen LogP) is 3.39. The molecule has 0 aromatic heterocycles. The second-order valence-electron chi connectivity index (χ2n) is 3.87. The van der Waals surface area contributed by atoms with Gasteiger partial charge in [0.05, 0.1) is 5.71 Å².